The van der Waals surface area contributed by atoms with Gasteiger partial charge in [0.1, 0.15) is 0 Å². The summed E-state index contributed by atoms with van der Waals surface area (Å²) in [4.78, 5) is 4.31. The van der Waals surface area contributed by atoms with Gasteiger partial charge in [-0.2, -0.15) is 0 Å². The topological polar surface area (TPSA) is 29.9 Å². The van der Waals surface area contributed by atoms with Gasteiger partial charge in [-0.15, -0.1) is 0 Å². The molecule has 0 spiro atoms. The molecule has 0 bridgehead atoms. The molecule has 1 atom stereocenters. The standard InChI is InChI=1S/C12H23N3/c1-4-6-7-8-11(3)15-10-9-14-12(15)13-5-2/h9-11H,4-8H2,1-3H3,(H,13,14). The molecular weight excluding hydrogens is 186 g/mol. The van der Waals surface area contributed by atoms with Crippen molar-refractivity contribution in [2.24, 2.45) is 0 Å². The zero-order chi connectivity index (χ0) is 11.1. The normalized spacial score (nSPS) is 12.7. The maximum atomic E-state index is 4.31. The third-order valence-electron chi connectivity index (χ3n) is 2.70. The first-order valence-electron chi connectivity index (χ1n) is 6.06. The Labute approximate surface area is 92.9 Å². The van der Waals surface area contributed by atoms with Gasteiger partial charge in [0, 0.05) is 25.0 Å². The van der Waals surface area contributed by atoms with E-state index >= 15 is 0 Å². The lowest BCUT2D eigenvalue weighted by atomic mass is 10.1. The second kappa shape index (κ2) is 6.49. The van der Waals surface area contributed by atoms with Crippen molar-refractivity contribution in [2.75, 3.05) is 11.9 Å². The second-order valence-corrected chi connectivity index (χ2v) is 4.03. The van der Waals surface area contributed by atoms with Crippen LogP contribution in [0.25, 0.3) is 0 Å². The van der Waals surface area contributed by atoms with Crippen LogP contribution in [-0.4, -0.2) is 16.1 Å². The second-order valence-electron chi connectivity index (χ2n) is 4.03. The van der Waals surface area contributed by atoms with Crippen LogP contribution in [0.1, 0.15) is 52.5 Å². The van der Waals surface area contributed by atoms with Gasteiger partial charge in [0.2, 0.25) is 5.95 Å². The molecule has 0 aliphatic carbocycles. The molecule has 1 unspecified atom stereocenters. The van der Waals surface area contributed by atoms with E-state index in [0.717, 1.165) is 12.5 Å². The van der Waals surface area contributed by atoms with Crippen molar-refractivity contribution in [1.82, 2.24) is 9.55 Å². The Hall–Kier alpha value is -0.990. The lowest BCUT2D eigenvalue weighted by Gasteiger charge is -2.16. The highest BCUT2D eigenvalue weighted by atomic mass is 15.2. The van der Waals surface area contributed by atoms with E-state index in [1.165, 1.54) is 25.7 Å². The van der Waals surface area contributed by atoms with Gasteiger partial charge in [-0.3, -0.25) is 0 Å². The number of rotatable bonds is 7. The molecule has 3 nitrogen and oxygen atoms in total. The van der Waals surface area contributed by atoms with Crippen molar-refractivity contribution in [2.45, 2.75) is 52.5 Å². The van der Waals surface area contributed by atoms with Crippen LogP contribution in [0.15, 0.2) is 12.4 Å². The third kappa shape index (κ3) is 3.57. The quantitative estimate of drug-likeness (QED) is 0.697. The van der Waals surface area contributed by atoms with Crippen molar-refractivity contribution < 1.29 is 0 Å². The number of imidazole rings is 1. The van der Waals surface area contributed by atoms with Crippen molar-refractivity contribution in [3.05, 3.63) is 12.4 Å². The zero-order valence-corrected chi connectivity index (χ0v) is 10.2. The fourth-order valence-corrected chi connectivity index (χ4v) is 1.79. The number of unbranched alkanes of at least 4 members (excludes halogenated alkanes) is 2. The van der Waals surface area contributed by atoms with Crippen LogP contribution in [0.4, 0.5) is 5.95 Å². The summed E-state index contributed by atoms with van der Waals surface area (Å²) in [5, 5.41) is 3.28. The molecule has 0 amide bonds. The Bertz CT molecular complexity index is 268. The summed E-state index contributed by atoms with van der Waals surface area (Å²) >= 11 is 0. The molecule has 1 N–H and O–H groups in total. The minimum Gasteiger partial charge on any atom is -0.356 e. The number of nitrogens with zero attached hydrogens (tertiary/aromatic N) is 2. The molecule has 0 saturated heterocycles. The summed E-state index contributed by atoms with van der Waals surface area (Å²) in [7, 11) is 0. The Morgan fingerprint density at radius 1 is 1.40 bits per heavy atom. The van der Waals surface area contributed by atoms with Crippen molar-refractivity contribution in [3.8, 4) is 0 Å². The van der Waals surface area contributed by atoms with Crippen LogP contribution < -0.4 is 5.32 Å². The summed E-state index contributed by atoms with van der Waals surface area (Å²) in [6.07, 6.45) is 9.10. The molecule has 1 rings (SSSR count). The van der Waals surface area contributed by atoms with Crippen LogP contribution in [0.2, 0.25) is 0 Å². The average Bonchev–Trinajstić information content (AvgIpc) is 2.67. The summed E-state index contributed by atoms with van der Waals surface area (Å²) < 4.78 is 2.24. The molecule has 0 radical (unpaired) electrons. The predicted molar refractivity (Wildman–Crippen MR) is 65.2 cm³/mol. The van der Waals surface area contributed by atoms with E-state index < -0.39 is 0 Å². The maximum absolute atomic E-state index is 4.31. The van der Waals surface area contributed by atoms with Gasteiger partial charge >= 0.3 is 0 Å². The lowest BCUT2D eigenvalue weighted by Crippen LogP contribution is -2.10. The van der Waals surface area contributed by atoms with Gasteiger partial charge in [0.15, 0.2) is 0 Å². The molecule has 0 aromatic carbocycles. The molecule has 0 aliphatic rings. The van der Waals surface area contributed by atoms with Crippen LogP contribution in [0.3, 0.4) is 0 Å². The van der Waals surface area contributed by atoms with E-state index in [2.05, 4.69) is 41.8 Å². The zero-order valence-electron chi connectivity index (χ0n) is 10.2. The first kappa shape index (κ1) is 12.1. The molecule has 15 heavy (non-hydrogen) atoms. The fourth-order valence-electron chi connectivity index (χ4n) is 1.79. The maximum Gasteiger partial charge on any atom is 0.203 e. The monoisotopic (exact) mass is 209 g/mol. The SMILES string of the molecule is CCCCCC(C)n1ccnc1NCC. The molecule has 1 aromatic heterocycles. The molecule has 0 aliphatic heterocycles. The number of hydrogen-bond donors (Lipinski definition) is 1. The minimum absolute atomic E-state index is 0.549. The Morgan fingerprint density at radius 2 is 2.20 bits per heavy atom. The summed E-state index contributed by atoms with van der Waals surface area (Å²) in [5.74, 6) is 1.00. The Kier molecular flexibility index (Phi) is 5.22. The van der Waals surface area contributed by atoms with Gasteiger partial charge < -0.3 is 9.88 Å². The van der Waals surface area contributed by atoms with Gasteiger partial charge in [-0.05, 0) is 20.3 Å². The number of hydrogen-bond acceptors (Lipinski definition) is 2. The van der Waals surface area contributed by atoms with Gasteiger partial charge in [-0.1, -0.05) is 26.2 Å². The Balaban J connectivity index is 2.48. The summed E-state index contributed by atoms with van der Waals surface area (Å²) in [6, 6.07) is 0.549. The average molecular weight is 209 g/mol. The first-order chi connectivity index (χ1) is 7.29. The van der Waals surface area contributed by atoms with E-state index in [9.17, 15) is 0 Å². The van der Waals surface area contributed by atoms with Crippen molar-refractivity contribution in [3.63, 3.8) is 0 Å². The molecule has 1 aromatic rings. The summed E-state index contributed by atoms with van der Waals surface area (Å²) in [6.45, 7) is 7.53. The molecular formula is C12H23N3. The number of nitrogens with one attached hydrogen (secondary N) is 1. The molecule has 0 saturated carbocycles. The smallest absolute Gasteiger partial charge is 0.203 e. The van der Waals surface area contributed by atoms with Gasteiger partial charge in [0.05, 0.1) is 0 Å². The molecule has 3 heteroatoms. The first-order valence-corrected chi connectivity index (χ1v) is 6.06. The molecule has 86 valence electrons. The minimum atomic E-state index is 0.549. The highest BCUT2D eigenvalue weighted by molar-refractivity contribution is 5.26. The van der Waals surface area contributed by atoms with Crippen LogP contribution in [-0.2, 0) is 0 Å². The highest BCUT2D eigenvalue weighted by Crippen LogP contribution is 2.19. The molecule has 0 fully saturated rings. The Morgan fingerprint density at radius 3 is 2.87 bits per heavy atom. The predicted octanol–water partition coefficient (Wildman–Crippen LogP) is 3.46. The van der Waals surface area contributed by atoms with Crippen LogP contribution >= 0.6 is 0 Å². The lowest BCUT2D eigenvalue weighted by molar-refractivity contribution is 0.481. The summed E-state index contributed by atoms with van der Waals surface area (Å²) in [5.41, 5.74) is 0. The number of anilines is 1. The van der Waals surface area contributed by atoms with Gasteiger partial charge in [0.25, 0.3) is 0 Å². The van der Waals surface area contributed by atoms with Crippen molar-refractivity contribution >= 4 is 5.95 Å². The van der Waals surface area contributed by atoms with Crippen molar-refractivity contribution in [1.29, 1.82) is 0 Å². The third-order valence-corrected chi connectivity index (χ3v) is 2.70. The van der Waals surface area contributed by atoms with Gasteiger partial charge in [-0.25, -0.2) is 4.98 Å². The van der Waals surface area contributed by atoms with Crippen LogP contribution in [0, 0.1) is 0 Å². The highest BCUT2D eigenvalue weighted by Gasteiger charge is 2.08. The van der Waals surface area contributed by atoms with Crippen LogP contribution in [0.5, 0.6) is 0 Å². The number of aromatic nitrogens is 2. The van der Waals surface area contributed by atoms with E-state index in [-0.39, 0.29) is 0 Å². The van der Waals surface area contributed by atoms with E-state index in [4.69, 9.17) is 0 Å². The molecule has 1 heterocycles. The van der Waals surface area contributed by atoms with E-state index in [1.807, 2.05) is 6.20 Å². The van der Waals surface area contributed by atoms with E-state index in [1.54, 1.807) is 0 Å². The fraction of sp³-hybridized carbons (Fsp3) is 0.750. The largest absolute Gasteiger partial charge is 0.356 e. The van der Waals surface area contributed by atoms with E-state index in [0.29, 0.717) is 6.04 Å².